The summed E-state index contributed by atoms with van der Waals surface area (Å²) in [5.41, 5.74) is 2.37. The molecule has 86 valence electrons. The fraction of sp³-hybridized carbons (Fsp3) is 0.462. The summed E-state index contributed by atoms with van der Waals surface area (Å²) in [6, 6.07) is 8.22. The number of rotatable bonds is 6. The smallest absolute Gasteiger partial charge is 0.0621 e. The van der Waals surface area contributed by atoms with Gasteiger partial charge < -0.3 is 5.32 Å². The highest BCUT2D eigenvalue weighted by Crippen LogP contribution is 2.15. The molecule has 1 N–H and O–H groups in total. The number of nitriles is 1. The van der Waals surface area contributed by atoms with Crippen molar-refractivity contribution >= 4 is 11.6 Å². The van der Waals surface area contributed by atoms with Gasteiger partial charge in [0.05, 0.1) is 6.07 Å². The normalized spacial score (nSPS) is 10.1. The quantitative estimate of drug-likeness (QED) is 0.769. The highest BCUT2D eigenvalue weighted by atomic mass is 35.5. The number of hydrogen-bond acceptors (Lipinski definition) is 2. The Morgan fingerprint density at radius 3 is 2.88 bits per heavy atom. The molecule has 1 rings (SSSR count). The fourth-order valence-corrected chi connectivity index (χ4v) is 1.62. The Labute approximate surface area is 102 Å². The first-order valence-electron chi connectivity index (χ1n) is 5.56. The topological polar surface area (TPSA) is 35.8 Å². The minimum atomic E-state index is 0.654. The van der Waals surface area contributed by atoms with Crippen LogP contribution in [0.4, 0.5) is 0 Å². The van der Waals surface area contributed by atoms with Gasteiger partial charge >= 0.3 is 0 Å². The number of unbranched alkanes of at least 4 members (excludes halogenated alkanes) is 2. The van der Waals surface area contributed by atoms with Gasteiger partial charge in [-0.15, -0.1) is 0 Å². The van der Waals surface area contributed by atoms with Crippen LogP contribution in [0.2, 0.25) is 5.02 Å². The molecular weight excluding hydrogens is 220 g/mol. The molecule has 3 heteroatoms. The molecule has 0 aliphatic rings. The van der Waals surface area contributed by atoms with Gasteiger partial charge in [-0.2, -0.15) is 5.26 Å². The second-order valence-corrected chi connectivity index (χ2v) is 4.28. The van der Waals surface area contributed by atoms with E-state index in [0.29, 0.717) is 6.42 Å². The van der Waals surface area contributed by atoms with Gasteiger partial charge in [-0.3, -0.25) is 0 Å². The van der Waals surface area contributed by atoms with Crippen molar-refractivity contribution in [3.8, 4) is 6.07 Å². The van der Waals surface area contributed by atoms with Gasteiger partial charge in [-0.05, 0) is 43.5 Å². The first-order valence-corrected chi connectivity index (χ1v) is 5.94. The number of benzene rings is 1. The minimum absolute atomic E-state index is 0.654. The summed E-state index contributed by atoms with van der Waals surface area (Å²) in [5, 5.41) is 12.5. The molecule has 16 heavy (non-hydrogen) atoms. The molecule has 0 atom stereocenters. The standard InChI is InChI=1S/C13H17ClN2/c1-11-9-12(5-6-13(11)14)10-16-8-4-2-3-7-15/h5-6,9,16H,2-4,8,10H2,1H3. The van der Waals surface area contributed by atoms with Crippen molar-refractivity contribution in [2.75, 3.05) is 6.54 Å². The summed E-state index contributed by atoms with van der Waals surface area (Å²) in [6.45, 7) is 3.84. The van der Waals surface area contributed by atoms with E-state index in [1.165, 1.54) is 5.56 Å². The summed E-state index contributed by atoms with van der Waals surface area (Å²) in [7, 11) is 0. The van der Waals surface area contributed by atoms with Gasteiger partial charge in [0.1, 0.15) is 0 Å². The molecule has 0 saturated heterocycles. The molecule has 0 saturated carbocycles. The Balaban J connectivity index is 2.22. The van der Waals surface area contributed by atoms with Gasteiger partial charge in [-0.25, -0.2) is 0 Å². The zero-order chi connectivity index (χ0) is 11.8. The summed E-state index contributed by atoms with van der Waals surface area (Å²) in [6.07, 6.45) is 2.69. The van der Waals surface area contributed by atoms with Gasteiger partial charge in [-0.1, -0.05) is 23.7 Å². The predicted octanol–water partition coefficient (Wildman–Crippen LogP) is 3.43. The van der Waals surface area contributed by atoms with Crippen molar-refractivity contribution in [1.82, 2.24) is 5.32 Å². The average Bonchev–Trinajstić information content (AvgIpc) is 2.28. The number of nitrogens with zero attached hydrogens (tertiary/aromatic N) is 1. The molecular formula is C13H17ClN2. The Bertz CT molecular complexity index is 369. The van der Waals surface area contributed by atoms with Gasteiger partial charge in [0.25, 0.3) is 0 Å². The molecule has 0 bridgehead atoms. The van der Waals surface area contributed by atoms with Crippen LogP contribution >= 0.6 is 11.6 Å². The summed E-state index contributed by atoms with van der Waals surface area (Å²) in [5.74, 6) is 0. The van der Waals surface area contributed by atoms with Crippen molar-refractivity contribution in [3.05, 3.63) is 34.3 Å². The van der Waals surface area contributed by atoms with Crippen LogP contribution in [0.5, 0.6) is 0 Å². The first-order chi connectivity index (χ1) is 7.74. The molecule has 0 aliphatic carbocycles. The third-order valence-electron chi connectivity index (χ3n) is 2.44. The molecule has 2 nitrogen and oxygen atoms in total. The van der Waals surface area contributed by atoms with E-state index >= 15 is 0 Å². The van der Waals surface area contributed by atoms with Gasteiger partial charge in [0.2, 0.25) is 0 Å². The predicted molar refractivity (Wildman–Crippen MR) is 67.4 cm³/mol. The van der Waals surface area contributed by atoms with E-state index in [9.17, 15) is 0 Å². The minimum Gasteiger partial charge on any atom is -0.313 e. The zero-order valence-electron chi connectivity index (χ0n) is 9.59. The monoisotopic (exact) mass is 236 g/mol. The number of nitrogens with one attached hydrogen (secondary N) is 1. The van der Waals surface area contributed by atoms with Crippen molar-refractivity contribution < 1.29 is 0 Å². The van der Waals surface area contributed by atoms with Crippen LogP contribution in [0.25, 0.3) is 0 Å². The Morgan fingerprint density at radius 1 is 1.38 bits per heavy atom. The van der Waals surface area contributed by atoms with Crippen LogP contribution in [-0.2, 0) is 6.54 Å². The van der Waals surface area contributed by atoms with Gasteiger partial charge in [0, 0.05) is 18.0 Å². The first kappa shape index (κ1) is 13.0. The van der Waals surface area contributed by atoms with E-state index in [2.05, 4.69) is 17.5 Å². The zero-order valence-corrected chi connectivity index (χ0v) is 10.3. The molecule has 0 amide bonds. The molecule has 1 aromatic carbocycles. The van der Waals surface area contributed by atoms with E-state index < -0.39 is 0 Å². The fourth-order valence-electron chi connectivity index (χ4n) is 1.50. The van der Waals surface area contributed by atoms with E-state index in [4.69, 9.17) is 16.9 Å². The van der Waals surface area contributed by atoms with E-state index in [0.717, 1.165) is 36.5 Å². The van der Waals surface area contributed by atoms with Crippen LogP contribution in [0.15, 0.2) is 18.2 Å². The van der Waals surface area contributed by atoms with Gasteiger partial charge in [0.15, 0.2) is 0 Å². The molecule has 1 aromatic rings. The summed E-state index contributed by atoms with van der Waals surface area (Å²) >= 11 is 5.95. The maximum Gasteiger partial charge on any atom is 0.0621 e. The third-order valence-corrected chi connectivity index (χ3v) is 2.87. The maximum atomic E-state index is 8.37. The van der Waals surface area contributed by atoms with Crippen LogP contribution in [0.1, 0.15) is 30.4 Å². The highest BCUT2D eigenvalue weighted by Gasteiger charge is 1.97. The van der Waals surface area contributed by atoms with Crippen molar-refractivity contribution in [2.24, 2.45) is 0 Å². The van der Waals surface area contributed by atoms with E-state index in [1.54, 1.807) is 0 Å². The van der Waals surface area contributed by atoms with E-state index in [-0.39, 0.29) is 0 Å². The molecule has 0 heterocycles. The van der Waals surface area contributed by atoms with Crippen LogP contribution < -0.4 is 5.32 Å². The van der Waals surface area contributed by atoms with Crippen molar-refractivity contribution in [2.45, 2.75) is 32.7 Å². The second-order valence-electron chi connectivity index (χ2n) is 3.88. The lowest BCUT2D eigenvalue weighted by molar-refractivity contribution is 0.628. The maximum absolute atomic E-state index is 8.37. The largest absolute Gasteiger partial charge is 0.313 e. The molecule has 0 aliphatic heterocycles. The summed E-state index contributed by atoms with van der Waals surface area (Å²) < 4.78 is 0. The number of aryl methyl sites for hydroxylation is 1. The number of halogens is 1. The van der Waals surface area contributed by atoms with Crippen molar-refractivity contribution in [1.29, 1.82) is 5.26 Å². The summed E-state index contributed by atoms with van der Waals surface area (Å²) in [4.78, 5) is 0. The lowest BCUT2D eigenvalue weighted by Gasteiger charge is -2.06. The molecule has 0 spiro atoms. The second kappa shape index (κ2) is 7.27. The lowest BCUT2D eigenvalue weighted by atomic mass is 10.1. The van der Waals surface area contributed by atoms with Crippen molar-refractivity contribution in [3.63, 3.8) is 0 Å². The molecule has 0 radical (unpaired) electrons. The van der Waals surface area contributed by atoms with Crippen LogP contribution in [-0.4, -0.2) is 6.54 Å². The average molecular weight is 237 g/mol. The Hall–Kier alpha value is -1.04. The molecule has 0 unspecified atom stereocenters. The lowest BCUT2D eigenvalue weighted by Crippen LogP contribution is -2.14. The Morgan fingerprint density at radius 2 is 2.19 bits per heavy atom. The SMILES string of the molecule is Cc1cc(CNCCCCC#N)ccc1Cl. The Kier molecular flexibility index (Phi) is 5.92. The van der Waals surface area contributed by atoms with Crippen LogP contribution in [0, 0.1) is 18.3 Å². The number of hydrogen-bond donors (Lipinski definition) is 1. The third kappa shape index (κ3) is 4.65. The van der Waals surface area contributed by atoms with E-state index in [1.807, 2.05) is 19.1 Å². The molecule has 0 fully saturated rings. The highest BCUT2D eigenvalue weighted by molar-refractivity contribution is 6.31. The van der Waals surface area contributed by atoms with Crippen LogP contribution in [0.3, 0.4) is 0 Å². The molecule has 0 aromatic heterocycles.